The maximum Gasteiger partial charge on any atom is 0.132 e. The smallest absolute Gasteiger partial charge is 0.132 e. The maximum atomic E-state index is 9.25. The fourth-order valence-corrected chi connectivity index (χ4v) is 1.78. The van der Waals surface area contributed by atoms with Crippen LogP contribution in [0.1, 0.15) is 11.1 Å². The van der Waals surface area contributed by atoms with E-state index in [9.17, 15) is 5.11 Å². The van der Waals surface area contributed by atoms with Crippen molar-refractivity contribution in [3.8, 4) is 11.5 Å². The Kier molecular flexibility index (Phi) is 4.34. The number of rotatable bonds is 5. The molecule has 18 heavy (non-hydrogen) atoms. The van der Waals surface area contributed by atoms with Crippen molar-refractivity contribution in [3.05, 3.63) is 59.7 Å². The Balaban J connectivity index is 2.28. The van der Waals surface area contributed by atoms with Crippen LogP contribution in [-0.2, 0) is 13.0 Å². The van der Waals surface area contributed by atoms with Gasteiger partial charge < -0.3 is 14.9 Å². The highest BCUT2D eigenvalue weighted by Gasteiger charge is 2.06. The van der Waals surface area contributed by atoms with Gasteiger partial charge in [0.1, 0.15) is 11.5 Å². The van der Waals surface area contributed by atoms with Gasteiger partial charge >= 0.3 is 0 Å². The Hall–Kier alpha value is -1.84. The van der Waals surface area contributed by atoms with Crippen molar-refractivity contribution in [2.75, 3.05) is 6.61 Å². The highest BCUT2D eigenvalue weighted by molar-refractivity contribution is 5.41. The average Bonchev–Trinajstić information content (AvgIpc) is 2.42. The fraction of sp³-hybridized carbons (Fsp3) is 0.200. The van der Waals surface area contributed by atoms with Gasteiger partial charge in [-0.15, -0.1) is 0 Å². The molecule has 0 saturated heterocycles. The Labute approximate surface area is 106 Å². The van der Waals surface area contributed by atoms with Crippen LogP contribution in [-0.4, -0.2) is 16.8 Å². The summed E-state index contributed by atoms with van der Waals surface area (Å²) >= 11 is 0. The first-order valence-corrected chi connectivity index (χ1v) is 5.90. The van der Waals surface area contributed by atoms with Gasteiger partial charge in [-0.2, -0.15) is 0 Å². The van der Waals surface area contributed by atoms with Crippen molar-refractivity contribution < 1.29 is 14.9 Å². The number of hydrogen-bond acceptors (Lipinski definition) is 3. The zero-order valence-corrected chi connectivity index (χ0v) is 10.0. The third kappa shape index (κ3) is 2.88. The minimum absolute atomic E-state index is 0.0572. The first-order chi connectivity index (χ1) is 8.85. The lowest BCUT2D eigenvalue weighted by Gasteiger charge is -2.12. The largest absolute Gasteiger partial charge is 0.457 e. The molecule has 0 spiro atoms. The van der Waals surface area contributed by atoms with Crippen LogP contribution in [0.25, 0.3) is 0 Å². The van der Waals surface area contributed by atoms with Gasteiger partial charge in [-0.1, -0.05) is 36.4 Å². The van der Waals surface area contributed by atoms with Gasteiger partial charge in [0.15, 0.2) is 0 Å². The van der Waals surface area contributed by atoms with Crippen LogP contribution in [0.5, 0.6) is 11.5 Å². The highest BCUT2D eigenvalue weighted by atomic mass is 16.5. The molecule has 94 valence electrons. The molecule has 0 atom stereocenters. The van der Waals surface area contributed by atoms with Gasteiger partial charge in [-0.05, 0) is 24.1 Å². The third-order valence-electron chi connectivity index (χ3n) is 2.72. The summed E-state index contributed by atoms with van der Waals surface area (Å²) in [5.41, 5.74) is 1.70. The molecule has 2 rings (SSSR count). The number of ether oxygens (including phenoxy) is 1. The lowest BCUT2D eigenvalue weighted by atomic mass is 10.1. The van der Waals surface area contributed by atoms with E-state index in [4.69, 9.17) is 9.84 Å². The molecule has 0 amide bonds. The summed E-state index contributed by atoms with van der Waals surface area (Å²) < 4.78 is 5.81. The third-order valence-corrected chi connectivity index (χ3v) is 2.72. The standard InChI is InChI=1S/C15H16O3/c16-10-9-12-5-1-3-7-14(12)18-15-8-4-2-6-13(15)11-17/h1-8,16-17H,9-11H2. The topological polar surface area (TPSA) is 49.7 Å². The van der Waals surface area contributed by atoms with Gasteiger partial charge in [0, 0.05) is 12.2 Å². The summed E-state index contributed by atoms with van der Waals surface area (Å²) in [6.07, 6.45) is 0.553. The first kappa shape index (κ1) is 12.6. The van der Waals surface area contributed by atoms with E-state index in [2.05, 4.69) is 0 Å². The molecule has 0 aliphatic carbocycles. The van der Waals surface area contributed by atoms with E-state index in [1.807, 2.05) is 48.5 Å². The Morgan fingerprint density at radius 3 is 1.94 bits per heavy atom. The maximum absolute atomic E-state index is 9.25. The zero-order chi connectivity index (χ0) is 12.8. The Bertz CT molecular complexity index is 509. The number of para-hydroxylation sites is 2. The normalized spacial score (nSPS) is 10.3. The molecule has 0 aliphatic heterocycles. The van der Waals surface area contributed by atoms with E-state index in [1.54, 1.807) is 0 Å². The fourth-order valence-electron chi connectivity index (χ4n) is 1.78. The van der Waals surface area contributed by atoms with E-state index in [-0.39, 0.29) is 13.2 Å². The second-order valence-electron chi connectivity index (χ2n) is 3.95. The SMILES string of the molecule is OCCc1ccccc1Oc1ccccc1CO. The van der Waals surface area contributed by atoms with Crippen LogP contribution in [0.15, 0.2) is 48.5 Å². The second-order valence-corrected chi connectivity index (χ2v) is 3.95. The number of hydrogen-bond donors (Lipinski definition) is 2. The Morgan fingerprint density at radius 2 is 1.33 bits per heavy atom. The van der Waals surface area contributed by atoms with Crippen LogP contribution in [0, 0.1) is 0 Å². The molecule has 0 aromatic heterocycles. The summed E-state index contributed by atoms with van der Waals surface area (Å²) in [7, 11) is 0. The number of aliphatic hydroxyl groups is 2. The minimum Gasteiger partial charge on any atom is -0.457 e. The van der Waals surface area contributed by atoms with Crippen LogP contribution < -0.4 is 4.74 Å². The predicted molar refractivity (Wildman–Crippen MR) is 69.7 cm³/mol. The summed E-state index contributed by atoms with van der Waals surface area (Å²) in [5.74, 6) is 1.36. The second kappa shape index (κ2) is 6.19. The molecule has 3 heteroatoms. The van der Waals surface area contributed by atoms with Crippen LogP contribution in [0.2, 0.25) is 0 Å². The molecule has 0 aliphatic rings. The molecule has 2 N–H and O–H groups in total. The van der Waals surface area contributed by atoms with Gasteiger partial charge in [0.2, 0.25) is 0 Å². The molecule has 2 aromatic carbocycles. The molecular formula is C15H16O3. The quantitative estimate of drug-likeness (QED) is 0.849. The van der Waals surface area contributed by atoms with Crippen molar-refractivity contribution in [3.63, 3.8) is 0 Å². The van der Waals surface area contributed by atoms with Crippen LogP contribution >= 0.6 is 0 Å². The summed E-state index contributed by atoms with van der Waals surface area (Å²) in [5, 5.41) is 18.3. The molecule has 2 aromatic rings. The molecule has 0 saturated carbocycles. The van der Waals surface area contributed by atoms with E-state index in [0.717, 1.165) is 11.1 Å². The van der Waals surface area contributed by atoms with Crippen molar-refractivity contribution in [1.29, 1.82) is 0 Å². The predicted octanol–water partition coefficient (Wildman–Crippen LogP) is 2.51. The molecule has 0 fully saturated rings. The van der Waals surface area contributed by atoms with Gasteiger partial charge in [0.05, 0.1) is 6.61 Å². The molecule has 0 unspecified atom stereocenters. The van der Waals surface area contributed by atoms with Crippen molar-refractivity contribution in [2.45, 2.75) is 13.0 Å². The number of aliphatic hydroxyl groups excluding tert-OH is 2. The number of benzene rings is 2. The van der Waals surface area contributed by atoms with Gasteiger partial charge in [-0.3, -0.25) is 0 Å². The monoisotopic (exact) mass is 244 g/mol. The van der Waals surface area contributed by atoms with E-state index in [0.29, 0.717) is 17.9 Å². The van der Waals surface area contributed by atoms with Crippen molar-refractivity contribution >= 4 is 0 Å². The summed E-state index contributed by atoms with van der Waals surface area (Å²) in [6.45, 7) is 0.0281. The summed E-state index contributed by atoms with van der Waals surface area (Å²) in [6, 6.07) is 15.0. The van der Waals surface area contributed by atoms with Gasteiger partial charge in [-0.25, -0.2) is 0 Å². The molecule has 0 bridgehead atoms. The van der Waals surface area contributed by atoms with Crippen LogP contribution in [0.3, 0.4) is 0 Å². The van der Waals surface area contributed by atoms with Crippen molar-refractivity contribution in [2.24, 2.45) is 0 Å². The molecular weight excluding hydrogens is 228 g/mol. The van der Waals surface area contributed by atoms with Crippen LogP contribution in [0.4, 0.5) is 0 Å². The average molecular weight is 244 g/mol. The lowest BCUT2D eigenvalue weighted by molar-refractivity contribution is 0.276. The lowest BCUT2D eigenvalue weighted by Crippen LogP contribution is -1.97. The van der Waals surface area contributed by atoms with E-state index >= 15 is 0 Å². The van der Waals surface area contributed by atoms with E-state index < -0.39 is 0 Å². The molecule has 3 nitrogen and oxygen atoms in total. The van der Waals surface area contributed by atoms with Gasteiger partial charge in [0.25, 0.3) is 0 Å². The van der Waals surface area contributed by atoms with E-state index in [1.165, 1.54) is 0 Å². The zero-order valence-electron chi connectivity index (χ0n) is 10.0. The minimum atomic E-state index is -0.0572. The summed E-state index contributed by atoms with van der Waals surface area (Å²) in [4.78, 5) is 0. The Morgan fingerprint density at radius 1 is 0.778 bits per heavy atom. The van der Waals surface area contributed by atoms with Crippen molar-refractivity contribution in [1.82, 2.24) is 0 Å². The highest BCUT2D eigenvalue weighted by Crippen LogP contribution is 2.28. The first-order valence-electron chi connectivity index (χ1n) is 5.90. The molecule has 0 radical (unpaired) electrons. The molecule has 0 heterocycles.